The van der Waals surface area contributed by atoms with Gasteiger partial charge in [0.15, 0.2) is 0 Å². The van der Waals surface area contributed by atoms with Crippen molar-refractivity contribution in [2.75, 3.05) is 18.8 Å². The van der Waals surface area contributed by atoms with Gasteiger partial charge in [-0.1, -0.05) is 0 Å². The fourth-order valence-corrected chi connectivity index (χ4v) is 3.66. The molecule has 1 amide bonds. The molecule has 22 heavy (non-hydrogen) atoms. The molecule has 0 radical (unpaired) electrons. The molecule has 0 aromatic carbocycles. The third-order valence-corrected chi connectivity index (χ3v) is 5.77. The monoisotopic (exact) mass is 326 g/mol. The van der Waals surface area contributed by atoms with E-state index in [1.807, 2.05) is 0 Å². The topological polar surface area (TPSA) is 92.3 Å². The second-order valence-electron chi connectivity index (χ2n) is 5.46. The number of nitrogens with zero attached hydrogens (tertiary/aromatic N) is 3. The number of carbonyl (C=O) groups excluding carboxylic acids is 1. The number of aryl methyl sites for hydroxylation is 2. The highest BCUT2D eigenvalue weighted by molar-refractivity contribution is 7.89. The molecule has 1 N–H and O–H groups in total. The lowest BCUT2D eigenvalue weighted by molar-refractivity contribution is 0.0922. The van der Waals surface area contributed by atoms with Crippen LogP contribution in [0.25, 0.3) is 0 Å². The Hall–Kier alpha value is -1.54. The molecular weight excluding hydrogens is 304 g/mol. The van der Waals surface area contributed by atoms with Crippen LogP contribution in [-0.4, -0.2) is 53.5 Å². The maximum atomic E-state index is 12.3. The van der Waals surface area contributed by atoms with Crippen molar-refractivity contribution in [1.82, 2.24) is 19.6 Å². The molecule has 0 saturated carbocycles. The van der Waals surface area contributed by atoms with Crippen LogP contribution in [-0.2, 0) is 10.0 Å². The predicted octanol–water partition coefficient (Wildman–Crippen LogP) is 0.637. The van der Waals surface area contributed by atoms with E-state index in [0.717, 1.165) is 0 Å². The Kier molecular flexibility index (Phi) is 5.12. The fourth-order valence-electron chi connectivity index (χ4n) is 2.53. The van der Waals surface area contributed by atoms with Gasteiger partial charge in [-0.2, -0.15) is 0 Å². The second kappa shape index (κ2) is 6.70. The van der Waals surface area contributed by atoms with E-state index in [4.69, 9.17) is 0 Å². The van der Waals surface area contributed by atoms with Gasteiger partial charge in [0.1, 0.15) is 5.82 Å². The number of hydrogen-bond acceptors (Lipinski definition) is 5. The first-order chi connectivity index (χ1) is 10.3. The van der Waals surface area contributed by atoms with Gasteiger partial charge in [0.25, 0.3) is 5.91 Å². The van der Waals surface area contributed by atoms with Crippen molar-refractivity contribution in [3.8, 4) is 0 Å². The zero-order valence-electron chi connectivity index (χ0n) is 13.2. The van der Waals surface area contributed by atoms with Crippen LogP contribution in [0.2, 0.25) is 0 Å². The molecule has 0 bridgehead atoms. The van der Waals surface area contributed by atoms with Gasteiger partial charge in [-0.05, 0) is 33.6 Å². The van der Waals surface area contributed by atoms with E-state index >= 15 is 0 Å². The summed E-state index contributed by atoms with van der Waals surface area (Å²) >= 11 is 0. The summed E-state index contributed by atoms with van der Waals surface area (Å²) in [5, 5.41) is 2.95. The molecule has 0 unspecified atom stereocenters. The predicted molar refractivity (Wildman–Crippen MR) is 83.0 cm³/mol. The van der Waals surface area contributed by atoms with Crippen LogP contribution in [0.4, 0.5) is 0 Å². The van der Waals surface area contributed by atoms with Gasteiger partial charge < -0.3 is 5.32 Å². The molecule has 1 aromatic rings. The summed E-state index contributed by atoms with van der Waals surface area (Å²) in [7, 11) is -3.14. The Labute approximate surface area is 131 Å². The number of nitrogens with one attached hydrogen (secondary N) is 1. The summed E-state index contributed by atoms with van der Waals surface area (Å²) < 4.78 is 25.1. The summed E-state index contributed by atoms with van der Waals surface area (Å²) in [5.41, 5.74) is 1.12. The summed E-state index contributed by atoms with van der Waals surface area (Å²) in [5.74, 6) is 0.547. The van der Waals surface area contributed by atoms with Gasteiger partial charge in [0.2, 0.25) is 10.0 Å². The normalized spacial score (nSPS) is 17.4. The van der Waals surface area contributed by atoms with E-state index in [9.17, 15) is 13.2 Å². The van der Waals surface area contributed by atoms with Crippen LogP contribution in [0, 0.1) is 13.8 Å². The van der Waals surface area contributed by atoms with E-state index in [-0.39, 0.29) is 17.7 Å². The van der Waals surface area contributed by atoms with E-state index < -0.39 is 10.0 Å². The Morgan fingerprint density at radius 1 is 1.36 bits per heavy atom. The molecule has 1 aromatic heterocycles. The minimum Gasteiger partial charge on any atom is -0.349 e. The van der Waals surface area contributed by atoms with Gasteiger partial charge in [-0.15, -0.1) is 0 Å². The molecule has 1 fully saturated rings. The van der Waals surface area contributed by atoms with Gasteiger partial charge in [0, 0.05) is 25.3 Å². The number of sulfonamides is 1. The molecule has 0 spiro atoms. The highest BCUT2D eigenvalue weighted by Gasteiger charge is 2.27. The van der Waals surface area contributed by atoms with Crippen molar-refractivity contribution in [2.24, 2.45) is 0 Å². The van der Waals surface area contributed by atoms with E-state index in [1.165, 1.54) is 10.5 Å². The average Bonchev–Trinajstić information content (AvgIpc) is 2.47. The molecule has 1 aliphatic heterocycles. The second-order valence-corrected chi connectivity index (χ2v) is 7.72. The van der Waals surface area contributed by atoms with Crippen molar-refractivity contribution in [3.05, 3.63) is 23.3 Å². The van der Waals surface area contributed by atoms with Gasteiger partial charge >= 0.3 is 0 Å². The van der Waals surface area contributed by atoms with Crippen molar-refractivity contribution < 1.29 is 13.2 Å². The van der Waals surface area contributed by atoms with Gasteiger partial charge in [0.05, 0.1) is 17.0 Å². The maximum absolute atomic E-state index is 12.3. The first kappa shape index (κ1) is 16.8. The Balaban J connectivity index is 1.95. The van der Waals surface area contributed by atoms with E-state index in [0.29, 0.717) is 43.0 Å². The molecule has 0 atom stereocenters. The quantitative estimate of drug-likeness (QED) is 0.876. The number of piperidine rings is 1. The number of aromatic nitrogens is 2. The Morgan fingerprint density at radius 3 is 2.55 bits per heavy atom. The van der Waals surface area contributed by atoms with Crippen LogP contribution >= 0.6 is 0 Å². The van der Waals surface area contributed by atoms with Crippen LogP contribution in [0.3, 0.4) is 0 Å². The largest absolute Gasteiger partial charge is 0.349 e. The van der Waals surface area contributed by atoms with Gasteiger partial charge in [-0.3, -0.25) is 4.79 Å². The minimum atomic E-state index is -3.14. The molecule has 0 aliphatic carbocycles. The lowest BCUT2D eigenvalue weighted by Gasteiger charge is -2.31. The standard InChI is InChI=1S/C14H22N4O3S/c1-4-22(20,21)18-7-5-12(6-8-18)17-14(19)13-9-15-11(3)16-10(13)2/h9,12H,4-8H2,1-3H3,(H,17,19). The first-order valence-corrected chi connectivity index (χ1v) is 9.03. The van der Waals surface area contributed by atoms with E-state index in [2.05, 4.69) is 15.3 Å². The summed E-state index contributed by atoms with van der Waals surface area (Å²) in [4.78, 5) is 20.5. The van der Waals surface area contributed by atoms with Crippen molar-refractivity contribution in [1.29, 1.82) is 0 Å². The zero-order valence-corrected chi connectivity index (χ0v) is 14.0. The molecule has 122 valence electrons. The van der Waals surface area contributed by atoms with Crippen molar-refractivity contribution in [2.45, 2.75) is 39.7 Å². The first-order valence-electron chi connectivity index (χ1n) is 7.42. The highest BCUT2D eigenvalue weighted by Crippen LogP contribution is 2.15. The number of hydrogen-bond donors (Lipinski definition) is 1. The Morgan fingerprint density at radius 2 is 2.00 bits per heavy atom. The lowest BCUT2D eigenvalue weighted by Crippen LogP contribution is -2.47. The highest BCUT2D eigenvalue weighted by atomic mass is 32.2. The van der Waals surface area contributed by atoms with Crippen molar-refractivity contribution in [3.63, 3.8) is 0 Å². The van der Waals surface area contributed by atoms with Gasteiger partial charge in [-0.25, -0.2) is 22.7 Å². The average molecular weight is 326 g/mol. The van der Waals surface area contributed by atoms with Crippen LogP contribution < -0.4 is 5.32 Å². The van der Waals surface area contributed by atoms with E-state index in [1.54, 1.807) is 20.8 Å². The smallest absolute Gasteiger partial charge is 0.254 e. The molecular formula is C14H22N4O3S. The molecule has 2 heterocycles. The SMILES string of the molecule is CCS(=O)(=O)N1CCC(NC(=O)c2cnc(C)nc2C)CC1. The molecule has 8 heteroatoms. The lowest BCUT2D eigenvalue weighted by atomic mass is 10.1. The van der Waals surface area contributed by atoms with Crippen LogP contribution in [0.15, 0.2) is 6.20 Å². The summed E-state index contributed by atoms with van der Waals surface area (Å²) in [6.07, 6.45) is 2.77. The van der Waals surface area contributed by atoms with Crippen molar-refractivity contribution >= 4 is 15.9 Å². The maximum Gasteiger partial charge on any atom is 0.254 e. The fraction of sp³-hybridized carbons (Fsp3) is 0.643. The third-order valence-electron chi connectivity index (χ3n) is 3.89. The summed E-state index contributed by atoms with van der Waals surface area (Å²) in [6.45, 7) is 6.09. The molecule has 1 aliphatic rings. The summed E-state index contributed by atoms with van der Waals surface area (Å²) in [6, 6.07) is -0.0171. The number of rotatable bonds is 4. The third kappa shape index (κ3) is 3.80. The molecule has 1 saturated heterocycles. The minimum absolute atomic E-state index is 0.0171. The van der Waals surface area contributed by atoms with Crippen LogP contribution in [0.1, 0.15) is 41.6 Å². The zero-order chi connectivity index (χ0) is 16.3. The molecule has 7 nitrogen and oxygen atoms in total. The number of carbonyl (C=O) groups is 1. The molecule has 2 rings (SSSR count). The number of amides is 1. The van der Waals surface area contributed by atoms with Crippen LogP contribution in [0.5, 0.6) is 0 Å². The Bertz CT molecular complexity index is 652.